The predicted molar refractivity (Wildman–Crippen MR) is 91.2 cm³/mol. The highest BCUT2D eigenvalue weighted by Gasteiger charge is 2.08. The molecule has 120 valence electrons. The molecule has 0 aliphatic heterocycles. The average Bonchev–Trinajstić information content (AvgIpc) is 2.56. The van der Waals surface area contributed by atoms with Gasteiger partial charge in [-0.25, -0.2) is 9.18 Å². The third-order valence-corrected chi connectivity index (χ3v) is 3.50. The van der Waals surface area contributed by atoms with Gasteiger partial charge in [0.25, 0.3) is 0 Å². The van der Waals surface area contributed by atoms with E-state index >= 15 is 0 Å². The number of hydrogen-bond donors (Lipinski definition) is 0. The maximum atomic E-state index is 13.5. The van der Waals surface area contributed by atoms with Gasteiger partial charge in [0, 0.05) is 0 Å². The molecular formula is C20H21FO2. The lowest BCUT2D eigenvalue weighted by Crippen LogP contribution is -2.08. The Morgan fingerprint density at radius 2 is 1.70 bits per heavy atom. The van der Waals surface area contributed by atoms with Gasteiger partial charge in [0.1, 0.15) is 11.6 Å². The van der Waals surface area contributed by atoms with Crippen molar-refractivity contribution in [1.82, 2.24) is 0 Å². The lowest BCUT2D eigenvalue weighted by Gasteiger charge is -2.05. The van der Waals surface area contributed by atoms with Crippen molar-refractivity contribution in [3.63, 3.8) is 0 Å². The molecule has 2 aromatic carbocycles. The number of rotatable bonds is 6. The van der Waals surface area contributed by atoms with Crippen molar-refractivity contribution >= 4 is 12.0 Å². The fraction of sp³-hybridized carbons (Fsp3) is 0.250. The van der Waals surface area contributed by atoms with Crippen LogP contribution in [0.3, 0.4) is 0 Å². The SMILES string of the molecule is CCC/C(F)=C\c1ccc(C(=O)Oc2ccc(CC)cc2)cc1. The van der Waals surface area contributed by atoms with Crippen molar-refractivity contribution in [1.29, 1.82) is 0 Å². The third kappa shape index (κ3) is 5.06. The number of benzene rings is 2. The summed E-state index contributed by atoms with van der Waals surface area (Å²) in [6.07, 6.45) is 3.63. The highest BCUT2D eigenvalue weighted by Crippen LogP contribution is 2.17. The molecule has 0 aliphatic carbocycles. The minimum Gasteiger partial charge on any atom is -0.423 e. The number of carbonyl (C=O) groups excluding carboxylic acids is 1. The van der Waals surface area contributed by atoms with E-state index in [1.54, 1.807) is 36.4 Å². The molecule has 0 amide bonds. The number of halogens is 1. The van der Waals surface area contributed by atoms with Gasteiger partial charge in [-0.05, 0) is 60.7 Å². The Kier molecular flexibility index (Phi) is 6.10. The smallest absolute Gasteiger partial charge is 0.343 e. The first kappa shape index (κ1) is 16.9. The summed E-state index contributed by atoms with van der Waals surface area (Å²) in [5.74, 6) is -0.0530. The standard InChI is InChI=1S/C20H21FO2/c1-3-5-18(21)14-16-6-10-17(11-7-16)20(22)23-19-12-8-15(4-2)9-13-19/h6-14H,3-5H2,1-2H3/b18-14+. The Balaban J connectivity index is 2.03. The summed E-state index contributed by atoms with van der Waals surface area (Å²) in [7, 11) is 0. The maximum absolute atomic E-state index is 13.5. The molecule has 0 unspecified atom stereocenters. The van der Waals surface area contributed by atoms with E-state index in [9.17, 15) is 9.18 Å². The van der Waals surface area contributed by atoms with E-state index in [0.717, 1.165) is 18.4 Å². The highest BCUT2D eigenvalue weighted by molar-refractivity contribution is 5.91. The van der Waals surface area contributed by atoms with Crippen LogP contribution in [0.4, 0.5) is 4.39 Å². The van der Waals surface area contributed by atoms with Gasteiger partial charge in [-0.15, -0.1) is 0 Å². The van der Waals surface area contributed by atoms with E-state index in [1.165, 1.54) is 11.6 Å². The lowest BCUT2D eigenvalue weighted by molar-refractivity contribution is 0.0734. The largest absolute Gasteiger partial charge is 0.423 e. The summed E-state index contributed by atoms with van der Waals surface area (Å²) in [6, 6.07) is 14.2. The first-order valence-corrected chi connectivity index (χ1v) is 7.89. The van der Waals surface area contributed by atoms with E-state index in [0.29, 0.717) is 17.7 Å². The van der Waals surface area contributed by atoms with Crippen LogP contribution in [0.25, 0.3) is 6.08 Å². The molecule has 0 N–H and O–H groups in total. The van der Waals surface area contributed by atoms with Crippen LogP contribution >= 0.6 is 0 Å². The summed E-state index contributed by atoms with van der Waals surface area (Å²) in [6.45, 7) is 4.00. The molecule has 0 saturated heterocycles. The van der Waals surface area contributed by atoms with Gasteiger partial charge in [-0.3, -0.25) is 0 Å². The number of allylic oxidation sites excluding steroid dienone is 1. The molecule has 0 aromatic heterocycles. The zero-order chi connectivity index (χ0) is 16.7. The molecule has 0 fully saturated rings. The minimum absolute atomic E-state index is 0.154. The van der Waals surface area contributed by atoms with Gasteiger partial charge >= 0.3 is 5.97 Å². The summed E-state index contributed by atoms with van der Waals surface area (Å²) < 4.78 is 18.8. The average molecular weight is 312 g/mol. The van der Waals surface area contributed by atoms with E-state index in [2.05, 4.69) is 6.92 Å². The van der Waals surface area contributed by atoms with Gasteiger partial charge in [0.15, 0.2) is 0 Å². The van der Waals surface area contributed by atoms with Crippen molar-refractivity contribution in [3.8, 4) is 5.75 Å². The zero-order valence-corrected chi connectivity index (χ0v) is 13.5. The van der Waals surface area contributed by atoms with E-state index in [4.69, 9.17) is 4.74 Å². The Morgan fingerprint density at radius 3 is 2.26 bits per heavy atom. The predicted octanol–water partition coefficient (Wildman–Crippen LogP) is 5.58. The zero-order valence-electron chi connectivity index (χ0n) is 13.5. The monoisotopic (exact) mass is 312 g/mol. The van der Waals surface area contributed by atoms with Crippen molar-refractivity contribution in [2.24, 2.45) is 0 Å². The minimum atomic E-state index is -0.418. The Labute approximate surface area is 136 Å². The first-order chi connectivity index (χ1) is 11.1. The van der Waals surface area contributed by atoms with Crippen molar-refractivity contribution in [2.75, 3.05) is 0 Å². The summed E-state index contributed by atoms with van der Waals surface area (Å²) in [5.41, 5.74) is 2.37. The number of ether oxygens (including phenoxy) is 1. The van der Waals surface area contributed by atoms with Crippen molar-refractivity contribution in [2.45, 2.75) is 33.1 Å². The number of aryl methyl sites for hydroxylation is 1. The second-order valence-electron chi connectivity index (χ2n) is 5.35. The molecule has 0 bridgehead atoms. The molecule has 3 heteroatoms. The summed E-state index contributed by atoms with van der Waals surface area (Å²) in [5, 5.41) is 0. The van der Waals surface area contributed by atoms with Crippen molar-refractivity contribution < 1.29 is 13.9 Å². The molecule has 0 spiro atoms. The molecule has 0 heterocycles. The van der Waals surface area contributed by atoms with E-state index in [1.807, 2.05) is 19.1 Å². The molecule has 0 radical (unpaired) electrons. The molecule has 23 heavy (non-hydrogen) atoms. The molecule has 2 aromatic rings. The van der Waals surface area contributed by atoms with Crippen LogP contribution in [0.1, 0.15) is 48.2 Å². The van der Waals surface area contributed by atoms with Crippen LogP contribution in [-0.2, 0) is 6.42 Å². The Hall–Kier alpha value is -2.42. The van der Waals surface area contributed by atoms with Crippen LogP contribution < -0.4 is 4.74 Å². The second-order valence-corrected chi connectivity index (χ2v) is 5.35. The Morgan fingerprint density at radius 1 is 1.04 bits per heavy atom. The van der Waals surface area contributed by atoms with Gasteiger partial charge in [0.2, 0.25) is 0 Å². The van der Waals surface area contributed by atoms with Crippen LogP contribution in [0.2, 0.25) is 0 Å². The summed E-state index contributed by atoms with van der Waals surface area (Å²) >= 11 is 0. The quantitative estimate of drug-likeness (QED) is 0.514. The van der Waals surface area contributed by atoms with Gasteiger partial charge < -0.3 is 4.74 Å². The molecule has 2 nitrogen and oxygen atoms in total. The second kappa shape index (κ2) is 8.28. The first-order valence-electron chi connectivity index (χ1n) is 7.89. The van der Waals surface area contributed by atoms with E-state index in [-0.39, 0.29) is 5.83 Å². The highest BCUT2D eigenvalue weighted by atomic mass is 19.1. The molecule has 0 atom stereocenters. The molecule has 0 aliphatic rings. The summed E-state index contributed by atoms with van der Waals surface area (Å²) in [4.78, 5) is 12.1. The number of carbonyl (C=O) groups is 1. The van der Waals surface area contributed by atoms with Crippen molar-refractivity contribution in [3.05, 3.63) is 71.0 Å². The molecular weight excluding hydrogens is 291 g/mol. The van der Waals surface area contributed by atoms with Crippen LogP contribution in [0.15, 0.2) is 54.4 Å². The fourth-order valence-corrected chi connectivity index (χ4v) is 2.17. The van der Waals surface area contributed by atoms with Crippen LogP contribution in [0, 0.1) is 0 Å². The molecule has 0 saturated carbocycles. The van der Waals surface area contributed by atoms with E-state index < -0.39 is 5.97 Å². The third-order valence-electron chi connectivity index (χ3n) is 3.50. The van der Waals surface area contributed by atoms with Gasteiger partial charge in [-0.2, -0.15) is 0 Å². The normalized spacial score (nSPS) is 11.3. The topological polar surface area (TPSA) is 26.3 Å². The number of hydrogen-bond acceptors (Lipinski definition) is 2. The van der Waals surface area contributed by atoms with Crippen LogP contribution in [0.5, 0.6) is 5.75 Å². The molecule has 2 rings (SSSR count). The Bertz CT molecular complexity index is 670. The van der Waals surface area contributed by atoms with Crippen LogP contribution in [-0.4, -0.2) is 5.97 Å². The lowest BCUT2D eigenvalue weighted by atomic mass is 10.1. The van der Waals surface area contributed by atoms with Gasteiger partial charge in [-0.1, -0.05) is 38.1 Å². The number of esters is 1. The maximum Gasteiger partial charge on any atom is 0.343 e. The van der Waals surface area contributed by atoms with Gasteiger partial charge in [0.05, 0.1) is 5.56 Å². The fourth-order valence-electron chi connectivity index (χ4n) is 2.17.